The first-order chi connectivity index (χ1) is 10.1. The van der Waals surface area contributed by atoms with Crippen LogP contribution in [0.2, 0.25) is 10.0 Å². The Balaban J connectivity index is 1.74. The van der Waals surface area contributed by atoms with E-state index < -0.39 is 0 Å². The lowest BCUT2D eigenvalue weighted by Gasteiger charge is -2.09. The van der Waals surface area contributed by atoms with Crippen LogP contribution in [-0.4, -0.2) is 11.6 Å². The third-order valence-corrected chi connectivity index (χ3v) is 4.80. The molecule has 3 nitrogen and oxygen atoms in total. The molecule has 21 heavy (non-hydrogen) atoms. The van der Waals surface area contributed by atoms with Crippen molar-refractivity contribution < 1.29 is 4.74 Å². The van der Waals surface area contributed by atoms with Gasteiger partial charge in [0.25, 0.3) is 0 Å². The van der Waals surface area contributed by atoms with E-state index in [0.29, 0.717) is 34.1 Å². The van der Waals surface area contributed by atoms with Crippen LogP contribution in [0.1, 0.15) is 12.8 Å². The van der Waals surface area contributed by atoms with Gasteiger partial charge in [-0.3, -0.25) is 0 Å². The van der Waals surface area contributed by atoms with Gasteiger partial charge < -0.3 is 10.5 Å². The Morgan fingerprint density at radius 3 is 2.71 bits per heavy atom. The van der Waals surface area contributed by atoms with Crippen LogP contribution in [0.5, 0.6) is 5.88 Å². The lowest BCUT2D eigenvalue weighted by Crippen LogP contribution is -2.04. The highest BCUT2D eigenvalue weighted by molar-refractivity contribution is 7.99. The Labute approximate surface area is 137 Å². The quantitative estimate of drug-likeness (QED) is 0.839. The minimum Gasteiger partial charge on any atom is -0.476 e. The molecule has 2 aromatic rings. The Bertz CT molecular complexity index is 662. The summed E-state index contributed by atoms with van der Waals surface area (Å²) in [6.07, 6.45) is 2.47. The highest BCUT2D eigenvalue weighted by atomic mass is 35.5. The number of nitrogen functional groups attached to an aromatic ring is 1. The summed E-state index contributed by atoms with van der Waals surface area (Å²) in [5, 5.41) is 1.88. The van der Waals surface area contributed by atoms with Crippen LogP contribution in [0.3, 0.4) is 0 Å². The third-order valence-electron chi connectivity index (χ3n) is 3.13. The van der Waals surface area contributed by atoms with E-state index in [9.17, 15) is 0 Å². The largest absolute Gasteiger partial charge is 0.476 e. The molecular formula is C15H14Cl2N2OS. The third kappa shape index (κ3) is 3.96. The van der Waals surface area contributed by atoms with E-state index in [-0.39, 0.29) is 0 Å². The first-order valence-corrected chi connectivity index (χ1v) is 8.21. The summed E-state index contributed by atoms with van der Waals surface area (Å²) < 4.78 is 5.69. The summed E-state index contributed by atoms with van der Waals surface area (Å²) in [6, 6.07) is 9.18. The zero-order valence-electron chi connectivity index (χ0n) is 11.2. The summed E-state index contributed by atoms with van der Waals surface area (Å²) in [5.74, 6) is 1.17. The topological polar surface area (TPSA) is 48.1 Å². The molecule has 0 saturated heterocycles. The van der Waals surface area contributed by atoms with E-state index in [4.69, 9.17) is 33.7 Å². The molecule has 110 valence electrons. The number of benzene rings is 1. The highest BCUT2D eigenvalue weighted by Crippen LogP contribution is 2.34. The van der Waals surface area contributed by atoms with Gasteiger partial charge in [-0.05, 0) is 49.1 Å². The smallest absolute Gasteiger partial charge is 0.238 e. The minimum absolute atomic E-state index is 0.506. The van der Waals surface area contributed by atoms with Crippen LogP contribution >= 0.6 is 35.0 Å². The minimum atomic E-state index is 0.506. The van der Waals surface area contributed by atoms with Gasteiger partial charge in [-0.1, -0.05) is 35.0 Å². The van der Waals surface area contributed by atoms with Gasteiger partial charge >= 0.3 is 0 Å². The van der Waals surface area contributed by atoms with Gasteiger partial charge in [-0.2, -0.15) is 0 Å². The van der Waals surface area contributed by atoms with Crippen LogP contribution in [-0.2, 0) is 0 Å². The van der Waals surface area contributed by atoms with E-state index >= 15 is 0 Å². The Kier molecular flexibility index (Phi) is 4.48. The normalized spacial score (nSPS) is 14.2. The molecule has 2 N–H and O–H groups in total. The van der Waals surface area contributed by atoms with Crippen molar-refractivity contribution in [2.75, 3.05) is 12.3 Å². The summed E-state index contributed by atoms with van der Waals surface area (Å²) >= 11 is 13.4. The van der Waals surface area contributed by atoms with E-state index in [1.807, 2.05) is 24.3 Å². The molecular weight excluding hydrogens is 327 g/mol. The highest BCUT2D eigenvalue weighted by Gasteiger charge is 2.22. The maximum Gasteiger partial charge on any atom is 0.238 e. The lowest BCUT2D eigenvalue weighted by atomic mass is 10.4. The molecule has 0 radical (unpaired) electrons. The van der Waals surface area contributed by atoms with Gasteiger partial charge in [0.2, 0.25) is 5.88 Å². The average molecular weight is 341 g/mol. The second kappa shape index (κ2) is 6.34. The Hall–Kier alpha value is -1.10. The van der Waals surface area contributed by atoms with Crippen molar-refractivity contribution in [2.24, 2.45) is 5.92 Å². The van der Waals surface area contributed by atoms with Crippen LogP contribution in [0.4, 0.5) is 5.69 Å². The molecule has 1 fully saturated rings. The fourth-order valence-electron chi connectivity index (χ4n) is 1.75. The molecule has 0 atom stereocenters. The molecule has 0 spiro atoms. The molecule has 0 unspecified atom stereocenters. The van der Waals surface area contributed by atoms with Gasteiger partial charge in [0.15, 0.2) is 0 Å². The van der Waals surface area contributed by atoms with Crippen molar-refractivity contribution in [3.8, 4) is 5.88 Å². The zero-order chi connectivity index (χ0) is 14.8. The maximum atomic E-state index is 6.02. The zero-order valence-corrected chi connectivity index (χ0v) is 13.5. The van der Waals surface area contributed by atoms with Crippen molar-refractivity contribution in [2.45, 2.75) is 22.8 Å². The summed E-state index contributed by atoms with van der Waals surface area (Å²) in [6.45, 7) is 0.693. The molecule has 1 aromatic carbocycles. The number of hydrogen-bond acceptors (Lipinski definition) is 4. The van der Waals surface area contributed by atoms with E-state index in [1.165, 1.54) is 24.6 Å². The van der Waals surface area contributed by atoms with Gasteiger partial charge in [0.05, 0.1) is 22.3 Å². The number of ether oxygens (including phenoxy) is 1. The van der Waals surface area contributed by atoms with Crippen LogP contribution in [0.15, 0.2) is 40.3 Å². The van der Waals surface area contributed by atoms with E-state index in [1.54, 1.807) is 6.07 Å². The molecule has 3 rings (SSSR count). The molecule has 1 saturated carbocycles. The van der Waals surface area contributed by atoms with Crippen molar-refractivity contribution >= 4 is 40.7 Å². The number of nitrogens with zero attached hydrogens (tertiary/aromatic N) is 1. The monoisotopic (exact) mass is 340 g/mol. The predicted octanol–water partition coefficient (Wildman–Crippen LogP) is 4.91. The molecule has 0 bridgehead atoms. The Morgan fingerprint density at radius 1 is 1.19 bits per heavy atom. The van der Waals surface area contributed by atoms with Gasteiger partial charge in [0.1, 0.15) is 5.03 Å². The molecule has 0 aliphatic heterocycles. The fraction of sp³-hybridized carbons (Fsp3) is 0.267. The second-order valence-corrected chi connectivity index (χ2v) is 6.88. The molecule has 0 amide bonds. The van der Waals surface area contributed by atoms with E-state index in [2.05, 4.69) is 4.98 Å². The number of aromatic nitrogens is 1. The van der Waals surface area contributed by atoms with Crippen LogP contribution < -0.4 is 10.5 Å². The number of nitrogens with two attached hydrogens (primary N) is 1. The predicted molar refractivity (Wildman–Crippen MR) is 87.5 cm³/mol. The van der Waals surface area contributed by atoms with Crippen molar-refractivity contribution in [3.63, 3.8) is 0 Å². The summed E-state index contributed by atoms with van der Waals surface area (Å²) in [5.41, 5.74) is 6.46. The summed E-state index contributed by atoms with van der Waals surface area (Å²) in [4.78, 5) is 5.43. The molecule has 1 aliphatic carbocycles. The van der Waals surface area contributed by atoms with Crippen molar-refractivity contribution in [3.05, 3.63) is 40.4 Å². The lowest BCUT2D eigenvalue weighted by molar-refractivity contribution is 0.288. The average Bonchev–Trinajstić information content (AvgIpc) is 3.28. The number of rotatable bonds is 5. The number of anilines is 1. The number of halogens is 2. The second-order valence-electron chi connectivity index (χ2n) is 4.98. The number of pyridine rings is 1. The first-order valence-electron chi connectivity index (χ1n) is 6.64. The van der Waals surface area contributed by atoms with Crippen LogP contribution in [0, 0.1) is 5.92 Å². The maximum absolute atomic E-state index is 6.02. The first kappa shape index (κ1) is 14.8. The number of hydrogen-bond donors (Lipinski definition) is 1. The van der Waals surface area contributed by atoms with Gasteiger partial charge in [-0.25, -0.2) is 4.98 Å². The van der Waals surface area contributed by atoms with Crippen LogP contribution in [0.25, 0.3) is 0 Å². The standard InChI is InChI=1S/C15H14Cl2N2OS/c16-11-4-3-10(7-12(11)17)21-14-6-5-13(18)15(19-14)20-8-9-1-2-9/h3-7,9H,1-2,8,18H2. The van der Waals surface area contributed by atoms with Gasteiger partial charge in [0, 0.05) is 4.90 Å². The fourth-order valence-corrected chi connectivity index (χ4v) is 2.93. The van der Waals surface area contributed by atoms with E-state index in [0.717, 1.165) is 9.92 Å². The van der Waals surface area contributed by atoms with Crippen molar-refractivity contribution in [1.82, 2.24) is 4.98 Å². The SMILES string of the molecule is Nc1ccc(Sc2ccc(Cl)c(Cl)c2)nc1OCC1CC1. The summed E-state index contributed by atoms with van der Waals surface area (Å²) in [7, 11) is 0. The van der Waals surface area contributed by atoms with Crippen molar-refractivity contribution in [1.29, 1.82) is 0 Å². The molecule has 1 heterocycles. The molecule has 1 aromatic heterocycles. The molecule has 6 heteroatoms. The van der Waals surface area contributed by atoms with Gasteiger partial charge in [-0.15, -0.1) is 0 Å². The molecule has 1 aliphatic rings. The Morgan fingerprint density at radius 2 is 2.00 bits per heavy atom.